The minimum atomic E-state index is -0.245. The number of nitrogens with zero attached hydrogens (tertiary/aromatic N) is 1. The fraction of sp³-hybridized carbons (Fsp3) is 0.143. The average Bonchev–Trinajstić information content (AvgIpc) is 2.38. The second-order valence-corrected chi connectivity index (χ2v) is 4.55. The summed E-state index contributed by atoms with van der Waals surface area (Å²) in [6.07, 6.45) is 1.65. The van der Waals surface area contributed by atoms with Gasteiger partial charge >= 0.3 is 0 Å². The molecule has 0 saturated heterocycles. The number of hydrogen-bond acceptors (Lipinski definition) is 3. The number of nitrogens with one attached hydrogen (secondary N) is 2. The highest BCUT2D eigenvalue weighted by Crippen LogP contribution is 2.21. The molecule has 0 aliphatic heterocycles. The topological polar surface area (TPSA) is 54.0 Å². The van der Waals surface area contributed by atoms with E-state index in [1.807, 2.05) is 19.1 Å². The van der Waals surface area contributed by atoms with Gasteiger partial charge in [-0.15, -0.1) is 0 Å². The first kappa shape index (κ1) is 13.4. The maximum atomic E-state index is 12.2. The zero-order valence-electron chi connectivity index (χ0n) is 10.7. The van der Waals surface area contributed by atoms with E-state index < -0.39 is 0 Å². The largest absolute Gasteiger partial charge is 0.387 e. The molecule has 0 atom stereocenters. The lowest BCUT2D eigenvalue weighted by atomic mass is 10.1. The molecule has 0 radical (unpaired) electrons. The number of halogens is 1. The summed E-state index contributed by atoms with van der Waals surface area (Å²) in [6, 6.07) is 8.80. The first-order chi connectivity index (χ1) is 9.10. The van der Waals surface area contributed by atoms with Gasteiger partial charge in [0.2, 0.25) is 0 Å². The predicted octanol–water partition coefficient (Wildman–Crippen LogP) is 3.34. The number of benzene rings is 1. The standard InChI is InChI=1S/C14H14ClN3O/c1-9-5-6-17-13(7-9)18-14(19)11-8-10(15)3-4-12(11)16-2/h3-8,16H,1-2H3,(H,17,18,19). The van der Waals surface area contributed by atoms with Gasteiger partial charge in [-0.1, -0.05) is 11.6 Å². The molecule has 1 aromatic heterocycles. The summed E-state index contributed by atoms with van der Waals surface area (Å²) in [5, 5.41) is 6.23. The summed E-state index contributed by atoms with van der Waals surface area (Å²) in [4.78, 5) is 16.3. The zero-order valence-corrected chi connectivity index (χ0v) is 11.5. The van der Waals surface area contributed by atoms with Crippen molar-refractivity contribution in [2.24, 2.45) is 0 Å². The first-order valence-electron chi connectivity index (χ1n) is 5.81. The highest BCUT2D eigenvalue weighted by Gasteiger charge is 2.12. The lowest BCUT2D eigenvalue weighted by molar-refractivity contribution is 0.102. The highest BCUT2D eigenvalue weighted by atomic mass is 35.5. The number of carbonyl (C=O) groups excluding carboxylic acids is 1. The van der Waals surface area contributed by atoms with E-state index in [-0.39, 0.29) is 5.91 Å². The van der Waals surface area contributed by atoms with Crippen LogP contribution < -0.4 is 10.6 Å². The fourth-order valence-electron chi connectivity index (χ4n) is 1.71. The molecule has 0 fully saturated rings. The van der Waals surface area contributed by atoms with Crippen LogP contribution in [0.3, 0.4) is 0 Å². The van der Waals surface area contributed by atoms with Gasteiger partial charge in [-0.3, -0.25) is 4.79 Å². The summed E-state index contributed by atoms with van der Waals surface area (Å²) in [7, 11) is 1.75. The Labute approximate surface area is 116 Å². The van der Waals surface area contributed by atoms with Crippen LogP contribution in [0.2, 0.25) is 5.02 Å². The molecule has 1 aromatic carbocycles. The monoisotopic (exact) mass is 275 g/mol. The van der Waals surface area contributed by atoms with Crippen LogP contribution in [0.1, 0.15) is 15.9 Å². The van der Waals surface area contributed by atoms with Gasteiger partial charge < -0.3 is 10.6 Å². The summed E-state index contributed by atoms with van der Waals surface area (Å²) in [5.74, 6) is 0.275. The van der Waals surface area contributed by atoms with E-state index in [0.29, 0.717) is 16.4 Å². The minimum absolute atomic E-state index is 0.245. The lowest BCUT2D eigenvalue weighted by Crippen LogP contribution is -2.15. The molecule has 4 nitrogen and oxygen atoms in total. The Bertz CT molecular complexity index is 613. The summed E-state index contributed by atoms with van der Waals surface area (Å²) in [5.41, 5.74) is 2.23. The molecule has 0 aliphatic rings. The second-order valence-electron chi connectivity index (χ2n) is 4.11. The van der Waals surface area contributed by atoms with E-state index in [0.717, 1.165) is 11.3 Å². The van der Waals surface area contributed by atoms with E-state index in [1.54, 1.807) is 31.4 Å². The van der Waals surface area contributed by atoms with Crippen molar-refractivity contribution in [2.75, 3.05) is 17.7 Å². The molecule has 19 heavy (non-hydrogen) atoms. The van der Waals surface area contributed by atoms with Crippen molar-refractivity contribution in [1.82, 2.24) is 4.98 Å². The maximum absolute atomic E-state index is 12.2. The third kappa shape index (κ3) is 3.23. The van der Waals surface area contributed by atoms with Crippen LogP contribution in [0.5, 0.6) is 0 Å². The van der Waals surface area contributed by atoms with Crippen LogP contribution in [0.15, 0.2) is 36.5 Å². The predicted molar refractivity (Wildman–Crippen MR) is 77.9 cm³/mol. The lowest BCUT2D eigenvalue weighted by Gasteiger charge is -2.10. The minimum Gasteiger partial charge on any atom is -0.387 e. The average molecular weight is 276 g/mol. The molecule has 0 unspecified atom stereocenters. The van der Waals surface area contributed by atoms with Crippen LogP contribution in [0.25, 0.3) is 0 Å². The van der Waals surface area contributed by atoms with E-state index in [9.17, 15) is 4.79 Å². The number of aromatic nitrogens is 1. The number of pyridine rings is 1. The molecule has 0 aliphatic carbocycles. The van der Waals surface area contributed by atoms with Crippen molar-refractivity contribution >= 4 is 29.0 Å². The Balaban J connectivity index is 2.27. The van der Waals surface area contributed by atoms with Crippen LogP contribution in [-0.4, -0.2) is 17.9 Å². The Morgan fingerprint density at radius 1 is 1.26 bits per heavy atom. The van der Waals surface area contributed by atoms with Crippen molar-refractivity contribution in [3.63, 3.8) is 0 Å². The zero-order chi connectivity index (χ0) is 13.8. The Kier molecular flexibility index (Phi) is 4.02. The van der Waals surface area contributed by atoms with Crippen molar-refractivity contribution in [1.29, 1.82) is 0 Å². The third-order valence-electron chi connectivity index (χ3n) is 2.65. The van der Waals surface area contributed by atoms with Crippen molar-refractivity contribution in [3.8, 4) is 0 Å². The van der Waals surface area contributed by atoms with Crippen LogP contribution >= 0.6 is 11.6 Å². The van der Waals surface area contributed by atoms with Gasteiger partial charge in [-0.05, 0) is 42.8 Å². The summed E-state index contributed by atoms with van der Waals surface area (Å²) in [6.45, 7) is 1.94. The normalized spacial score (nSPS) is 10.1. The molecule has 98 valence electrons. The number of amides is 1. The van der Waals surface area contributed by atoms with Crippen LogP contribution in [-0.2, 0) is 0 Å². The molecule has 5 heteroatoms. The third-order valence-corrected chi connectivity index (χ3v) is 2.89. The number of carbonyl (C=O) groups is 1. The van der Waals surface area contributed by atoms with Gasteiger partial charge in [0.1, 0.15) is 5.82 Å². The molecule has 2 N–H and O–H groups in total. The summed E-state index contributed by atoms with van der Waals surface area (Å²) >= 11 is 5.92. The molecule has 1 heterocycles. The van der Waals surface area contributed by atoms with Gasteiger partial charge in [0.15, 0.2) is 0 Å². The number of anilines is 2. The molecule has 0 bridgehead atoms. The number of hydrogen-bond donors (Lipinski definition) is 2. The fourth-order valence-corrected chi connectivity index (χ4v) is 1.88. The number of aryl methyl sites for hydroxylation is 1. The van der Waals surface area contributed by atoms with Crippen molar-refractivity contribution < 1.29 is 4.79 Å². The second kappa shape index (κ2) is 5.71. The smallest absolute Gasteiger partial charge is 0.258 e. The SMILES string of the molecule is CNc1ccc(Cl)cc1C(=O)Nc1cc(C)ccn1. The molecule has 2 rings (SSSR count). The van der Waals surface area contributed by atoms with E-state index >= 15 is 0 Å². The summed E-state index contributed by atoms with van der Waals surface area (Å²) < 4.78 is 0. The van der Waals surface area contributed by atoms with E-state index in [2.05, 4.69) is 15.6 Å². The Morgan fingerprint density at radius 2 is 2.05 bits per heavy atom. The maximum Gasteiger partial charge on any atom is 0.258 e. The van der Waals surface area contributed by atoms with Gasteiger partial charge in [0.05, 0.1) is 5.56 Å². The van der Waals surface area contributed by atoms with Crippen LogP contribution in [0.4, 0.5) is 11.5 Å². The Hall–Kier alpha value is -2.07. The molecular formula is C14H14ClN3O. The van der Waals surface area contributed by atoms with Crippen LogP contribution in [0, 0.1) is 6.92 Å². The quantitative estimate of drug-likeness (QED) is 0.903. The molecule has 2 aromatic rings. The highest BCUT2D eigenvalue weighted by molar-refractivity contribution is 6.31. The van der Waals surface area contributed by atoms with E-state index in [4.69, 9.17) is 11.6 Å². The van der Waals surface area contributed by atoms with Crippen molar-refractivity contribution in [2.45, 2.75) is 6.92 Å². The first-order valence-corrected chi connectivity index (χ1v) is 6.19. The molecular weight excluding hydrogens is 262 g/mol. The van der Waals surface area contributed by atoms with Gasteiger partial charge in [-0.2, -0.15) is 0 Å². The molecule has 0 spiro atoms. The van der Waals surface area contributed by atoms with Crippen molar-refractivity contribution in [3.05, 3.63) is 52.7 Å². The van der Waals surface area contributed by atoms with Gasteiger partial charge in [0, 0.05) is 24.0 Å². The Morgan fingerprint density at radius 3 is 2.74 bits per heavy atom. The molecule has 1 amide bonds. The van der Waals surface area contributed by atoms with Gasteiger partial charge in [-0.25, -0.2) is 4.98 Å². The van der Waals surface area contributed by atoms with Gasteiger partial charge in [0.25, 0.3) is 5.91 Å². The molecule has 0 saturated carbocycles. The number of rotatable bonds is 3. The van der Waals surface area contributed by atoms with E-state index in [1.165, 1.54) is 0 Å².